The standard InChI is InChI=1S/C20H24N2/c21-20-15(7-5-13-22-11-3-4-12-22)9-10-18-17-8-2-1-6-16(17)14-19(18)20/h1-2,6,8-10H,3-5,7,11-14,21H2. The zero-order valence-corrected chi connectivity index (χ0v) is 13.1. The number of fused-ring (bicyclic) bond motifs is 3. The van der Waals surface area contributed by atoms with Crippen molar-refractivity contribution in [1.29, 1.82) is 0 Å². The van der Waals surface area contributed by atoms with E-state index in [1.807, 2.05) is 0 Å². The third-order valence-electron chi connectivity index (χ3n) is 5.24. The van der Waals surface area contributed by atoms with Crippen LogP contribution in [0.5, 0.6) is 0 Å². The molecular weight excluding hydrogens is 268 g/mol. The van der Waals surface area contributed by atoms with E-state index in [2.05, 4.69) is 41.3 Å². The zero-order valence-electron chi connectivity index (χ0n) is 13.1. The fourth-order valence-electron chi connectivity index (χ4n) is 4.00. The number of anilines is 1. The Morgan fingerprint density at radius 3 is 2.64 bits per heavy atom. The molecule has 1 aliphatic heterocycles. The SMILES string of the molecule is Nc1c(CCCN2CCCC2)ccc2c1Cc1ccccc1-2. The molecular formula is C20H24N2. The molecule has 0 atom stereocenters. The number of rotatable bonds is 4. The number of benzene rings is 2. The molecule has 1 heterocycles. The quantitative estimate of drug-likeness (QED) is 0.740. The first-order valence-corrected chi connectivity index (χ1v) is 8.54. The molecule has 2 aliphatic rings. The van der Waals surface area contributed by atoms with Crippen LogP contribution in [0, 0.1) is 0 Å². The van der Waals surface area contributed by atoms with Gasteiger partial charge in [-0.1, -0.05) is 36.4 Å². The van der Waals surface area contributed by atoms with Crippen molar-refractivity contribution in [2.75, 3.05) is 25.4 Å². The molecule has 1 aliphatic carbocycles. The lowest BCUT2D eigenvalue weighted by Crippen LogP contribution is -2.20. The third-order valence-corrected chi connectivity index (χ3v) is 5.24. The van der Waals surface area contributed by atoms with Gasteiger partial charge in [0, 0.05) is 12.1 Å². The summed E-state index contributed by atoms with van der Waals surface area (Å²) in [5, 5.41) is 0. The molecule has 114 valence electrons. The Balaban J connectivity index is 1.50. The normalized spacial score (nSPS) is 16.7. The summed E-state index contributed by atoms with van der Waals surface area (Å²) in [7, 11) is 0. The second-order valence-electron chi connectivity index (χ2n) is 6.65. The van der Waals surface area contributed by atoms with Crippen molar-refractivity contribution in [2.45, 2.75) is 32.1 Å². The third kappa shape index (κ3) is 2.42. The highest BCUT2D eigenvalue weighted by atomic mass is 15.1. The van der Waals surface area contributed by atoms with Crippen LogP contribution in [-0.2, 0) is 12.8 Å². The van der Waals surface area contributed by atoms with E-state index in [9.17, 15) is 0 Å². The summed E-state index contributed by atoms with van der Waals surface area (Å²) >= 11 is 0. The fourth-order valence-corrected chi connectivity index (χ4v) is 4.00. The van der Waals surface area contributed by atoms with Crippen molar-refractivity contribution in [2.24, 2.45) is 0 Å². The largest absolute Gasteiger partial charge is 0.398 e. The fraction of sp³-hybridized carbons (Fsp3) is 0.400. The Morgan fingerprint density at radius 2 is 1.77 bits per heavy atom. The molecule has 0 aromatic heterocycles. The summed E-state index contributed by atoms with van der Waals surface area (Å²) in [5.74, 6) is 0. The van der Waals surface area contributed by atoms with Crippen LogP contribution < -0.4 is 5.73 Å². The molecule has 22 heavy (non-hydrogen) atoms. The van der Waals surface area contributed by atoms with Gasteiger partial charge in [-0.25, -0.2) is 0 Å². The molecule has 2 aromatic rings. The Hall–Kier alpha value is -1.80. The van der Waals surface area contributed by atoms with Gasteiger partial charge in [0.15, 0.2) is 0 Å². The first-order valence-electron chi connectivity index (χ1n) is 8.54. The molecule has 0 radical (unpaired) electrons. The summed E-state index contributed by atoms with van der Waals surface area (Å²) in [5.41, 5.74) is 14.3. The monoisotopic (exact) mass is 292 g/mol. The van der Waals surface area contributed by atoms with Gasteiger partial charge in [0.1, 0.15) is 0 Å². The number of aryl methyl sites for hydroxylation is 1. The number of hydrogen-bond acceptors (Lipinski definition) is 2. The summed E-state index contributed by atoms with van der Waals surface area (Å²) in [6, 6.07) is 13.2. The van der Waals surface area contributed by atoms with E-state index in [1.54, 1.807) is 0 Å². The van der Waals surface area contributed by atoms with Crippen molar-refractivity contribution < 1.29 is 0 Å². The smallest absolute Gasteiger partial charge is 0.0388 e. The van der Waals surface area contributed by atoms with E-state index in [4.69, 9.17) is 5.73 Å². The van der Waals surface area contributed by atoms with Crippen LogP contribution in [0.4, 0.5) is 5.69 Å². The molecule has 0 bridgehead atoms. The van der Waals surface area contributed by atoms with Gasteiger partial charge in [-0.15, -0.1) is 0 Å². The maximum atomic E-state index is 6.49. The molecule has 0 saturated carbocycles. The Morgan fingerprint density at radius 1 is 0.955 bits per heavy atom. The van der Waals surface area contributed by atoms with Gasteiger partial charge in [-0.05, 0) is 73.1 Å². The molecule has 0 spiro atoms. The predicted octanol–water partition coefficient (Wildman–Crippen LogP) is 3.87. The molecule has 2 aromatic carbocycles. The summed E-state index contributed by atoms with van der Waals surface area (Å²) in [4.78, 5) is 2.58. The number of nitrogens with two attached hydrogens (primary N) is 1. The summed E-state index contributed by atoms with van der Waals surface area (Å²) < 4.78 is 0. The van der Waals surface area contributed by atoms with E-state index in [0.29, 0.717) is 0 Å². The summed E-state index contributed by atoms with van der Waals surface area (Å²) in [6.07, 6.45) is 6.07. The van der Waals surface area contributed by atoms with Gasteiger partial charge < -0.3 is 10.6 Å². The van der Waals surface area contributed by atoms with Crippen molar-refractivity contribution >= 4 is 5.69 Å². The van der Waals surface area contributed by atoms with Crippen LogP contribution in [0.3, 0.4) is 0 Å². The number of nitrogens with zero attached hydrogens (tertiary/aromatic N) is 1. The maximum Gasteiger partial charge on any atom is 0.0388 e. The first kappa shape index (κ1) is 13.8. The minimum absolute atomic E-state index is 0.997. The minimum Gasteiger partial charge on any atom is -0.398 e. The van der Waals surface area contributed by atoms with E-state index in [1.165, 1.54) is 66.7 Å². The Bertz CT molecular complexity index is 684. The summed E-state index contributed by atoms with van der Waals surface area (Å²) in [6.45, 7) is 3.79. The van der Waals surface area contributed by atoms with Gasteiger partial charge in [0.25, 0.3) is 0 Å². The van der Waals surface area contributed by atoms with Crippen LogP contribution in [0.1, 0.15) is 36.0 Å². The van der Waals surface area contributed by atoms with Crippen LogP contribution in [0.25, 0.3) is 11.1 Å². The van der Waals surface area contributed by atoms with Crippen LogP contribution >= 0.6 is 0 Å². The average molecular weight is 292 g/mol. The lowest BCUT2D eigenvalue weighted by atomic mass is 9.98. The van der Waals surface area contributed by atoms with Crippen molar-refractivity contribution in [3.8, 4) is 11.1 Å². The van der Waals surface area contributed by atoms with Gasteiger partial charge in [0.2, 0.25) is 0 Å². The highest BCUT2D eigenvalue weighted by Crippen LogP contribution is 2.40. The van der Waals surface area contributed by atoms with E-state index >= 15 is 0 Å². The predicted molar refractivity (Wildman–Crippen MR) is 93.1 cm³/mol. The zero-order chi connectivity index (χ0) is 14.9. The number of hydrogen-bond donors (Lipinski definition) is 1. The second-order valence-corrected chi connectivity index (χ2v) is 6.65. The number of likely N-dealkylation sites (tertiary alicyclic amines) is 1. The van der Waals surface area contributed by atoms with E-state index in [0.717, 1.165) is 18.5 Å². The first-order chi connectivity index (χ1) is 10.8. The van der Waals surface area contributed by atoms with E-state index in [-0.39, 0.29) is 0 Å². The van der Waals surface area contributed by atoms with Crippen molar-refractivity contribution in [3.63, 3.8) is 0 Å². The average Bonchev–Trinajstić information content (AvgIpc) is 3.17. The lowest BCUT2D eigenvalue weighted by molar-refractivity contribution is 0.334. The number of nitrogen functional groups attached to an aromatic ring is 1. The molecule has 2 N–H and O–H groups in total. The van der Waals surface area contributed by atoms with Crippen LogP contribution in [0.15, 0.2) is 36.4 Å². The molecule has 0 unspecified atom stereocenters. The topological polar surface area (TPSA) is 29.3 Å². The lowest BCUT2D eigenvalue weighted by Gasteiger charge is -2.15. The Labute approximate surface area is 132 Å². The molecule has 1 saturated heterocycles. The van der Waals surface area contributed by atoms with Gasteiger partial charge >= 0.3 is 0 Å². The Kier molecular flexibility index (Phi) is 3.63. The second kappa shape index (κ2) is 5.77. The van der Waals surface area contributed by atoms with Gasteiger partial charge in [-0.3, -0.25) is 0 Å². The molecule has 2 heteroatoms. The maximum absolute atomic E-state index is 6.49. The molecule has 4 rings (SSSR count). The van der Waals surface area contributed by atoms with Crippen molar-refractivity contribution in [3.05, 3.63) is 53.1 Å². The molecule has 0 amide bonds. The van der Waals surface area contributed by atoms with Gasteiger partial charge in [0.05, 0.1) is 0 Å². The van der Waals surface area contributed by atoms with E-state index < -0.39 is 0 Å². The molecule has 1 fully saturated rings. The molecule has 2 nitrogen and oxygen atoms in total. The highest BCUT2D eigenvalue weighted by Gasteiger charge is 2.21. The van der Waals surface area contributed by atoms with Crippen molar-refractivity contribution in [1.82, 2.24) is 4.90 Å². The highest BCUT2D eigenvalue weighted by molar-refractivity contribution is 5.82. The van der Waals surface area contributed by atoms with Crippen LogP contribution in [-0.4, -0.2) is 24.5 Å². The van der Waals surface area contributed by atoms with Gasteiger partial charge in [-0.2, -0.15) is 0 Å². The minimum atomic E-state index is 0.997. The van der Waals surface area contributed by atoms with Crippen LogP contribution in [0.2, 0.25) is 0 Å².